The molecule has 2 aromatic carbocycles. The third kappa shape index (κ3) is 3.76. The van der Waals surface area contributed by atoms with Crippen molar-refractivity contribution >= 4 is 16.9 Å². The zero-order valence-corrected chi connectivity index (χ0v) is 18.2. The number of hydrogen-bond acceptors (Lipinski definition) is 4. The lowest BCUT2D eigenvalue weighted by Crippen LogP contribution is -2.35. The molecule has 1 aliphatic rings. The van der Waals surface area contributed by atoms with Gasteiger partial charge in [0.2, 0.25) is 0 Å². The molecule has 0 amide bonds. The van der Waals surface area contributed by atoms with Crippen LogP contribution in [-0.2, 0) is 0 Å². The summed E-state index contributed by atoms with van der Waals surface area (Å²) in [4.78, 5) is 11.9. The van der Waals surface area contributed by atoms with Crippen LogP contribution in [0.3, 0.4) is 0 Å². The van der Waals surface area contributed by atoms with Crippen LogP contribution in [-0.4, -0.2) is 34.2 Å². The largest absolute Gasteiger partial charge is 0.494 e. The van der Waals surface area contributed by atoms with Gasteiger partial charge >= 0.3 is 0 Å². The minimum atomic E-state index is 0.662. The van der Waals surface area contributed by atoms with Gasteiger partial charge in [0, 0.05) is 30.5 Å². The monoisotopic (exact) mass is 412 g/mol. The average molecular weight is 413 g/mol. The van der Waals surface area contributed by atoms with E-state index in [0.717, 1.165) is 41.4 Å². The van der Waals surface area contributed by atoms with Crippen LogP contribution in [0.15, 0.2) is 67.1 Å². The summed E-state index contributed by atoms with van der Waals surface area (Å²) >= 11 is 0. The van der Waals surface area contributed by atoms with E-state index < -0.39 is 0 Å². The Balaban J connectivity index is 1.70. The van der Waals surface area contributed by atoms with Gasteiger partial charge in [-0.05, 0) is 55.5 Å². The smallest absolute Gasteiger partial charge is 0.150 e. The van der Waals surface area contributed by atoms with Crippen molar-refractivity contribution in [1.29, 1.82) is 0 Å². The summed E-state index contributed by atoms with van der Waals surface area (Å²) in [7, 11) is 0. The van der Waals surface area contributed by atoms with Crippen molar-refractivity contribution < 1.29 is 4.74 Å². The Labute approximate surface area is 183 Å². The molecule has 0 spiro atoms. The number of rotatable bonds is 5. The molecule has 5 rings (SSSR count). The number of ether oxygens (including phenoxy) is 1. The lowest BCUT2D eigenvalue weighted by atomic mass is 9.99. The molecule has 0 saturated carbocycles. The second-order valence-electron chi connectivity index (χ2n) is 8.30. The predicted octanol–water partition coefficient (Wildman–Crippen LogP) is 5.72. The lowest BCUT2D eigenvalue weighted by Gasteiger charge is -2.32. The van der Waals surface area contributed by atoms with E-state index in [4.69, 9.17) is 14.7 Å². The van der Waals surface area contributed by atoms with Gasteiger partial charge in [0.25, 0.3) is 0 Å². The molecule has 0 radical (unpaired) electrons. The topological polar surface area (TPSA) is 43.2 Å². The van der Waals surface area contributed by atoms with Gasteiger partial charge in [-0.15, -0.1) is 0 Å². The number of benzene rings is 2. The Kier molecular flexibility index (Phi) is 5.33. The van der Waals surface area contributed by atoms with E-state index >= 15 is 0 Å². The van der Waals surface area contributed by atoms with E-state index in [1.165, 1.54) is 24.0 Å². The zero-order valence-electron chi connectivity index (χ0n) is 18.2. The number of aromatic nitrogens is 3. The van der Waals surface area contributed by atoms with Crippen LogP contribution in [0.2, 0.25) is 0 Å². The standard InChI is InChI=1S/C26H28N4O/c1-3-31-22-13-11-21(12-14-22)30-17-23(20-9-5-4-6-10-20)24-25(27-18-28-26(24)30)29-15-7-8-19(2)16-29/h4-6,9-14,17-19H,3,7-8,15-16H2,1-2H3/t19-/m0/s1. The molecular formula is C26H28N4O. The molecule has 0 N–H and O–H groups in total. The van der Waals surface area contributed by atoms with E-state index in [0.29, 0.717) is 12.5 Å². The second kappa shape index (κ2) is 8.42. The summed E-state index contributed by atoms with van der Waals surface area (Å²) in [5.74, 6) is 2.59. The van der Waals surface area contributed by atoms with E-state index in [-0.39, 0.29) is 0 Å². The third-order valence-corrected chi connectivity index (χ3v) is 6.03. The molecule has 4 aromatic rings. The summed E-state index contributed by atoms with van der Waals surface area (Å²) < 4.78 is 7.80. The van der Waals surface area contributed by atoms with Crippen LogP contribution in [0.5, 0.6) is 5.75 Å². The number of anilines is 1. The maximum Gasteiger partial charge on any atom is 0.150 e. The molecule has 5 nitrogen and oxygen atoms in total. The molecule has 2 aromatic heterocycles. The second-order valence-corrected chi connectivity index (χ2v) is 8.30. The first-order valence-electron chi connectivity index (χ1n) is 11.1. The van der Waals surface area contributed by atoms with Crippen molar-refractivity contribution in [3.8, 4) is 22.6 Å². The normalized spacial score (nSPS) is 16.6. The Morgan fingerprint density at radius 3 is 2.58 bits per heavy atom. The van der Waals surface area contributed by atoms with Crippen LogP contribution in [0.4, 0.5) is 5.82 Å². The first-order valence-corrected chi connectivity index (χ1v) is 11.1. The molecule has 158 valence electrons. The first-order chi connectivity index (χ1) is 15.2. The van der Waals surface area contributed by atoms with Gasteiger partial charge in [-0.3, -0.25) is 0 Å². The minimum absolute atomic E-state index is 0.662. The Morgan fingerprint density at radius 1 is 1.03 bits per heavy atom. The van der Waals surface area contributed by atoms with Gasteiger partial charge in [0.05, 0.1) is 12.0 Å². The molecular weight excluding hydrogens is 384 g/mol. The fraction of sp³-hybridized carbons (Fsp3) is 0.308. The van der Waals surface area contributed by atoms with Gasteiger partial charge in [-0.25, -0.2) is 9.97 Å². The summed E-state index contributed by atoms with van der Waals surface area (Å²) in [6.45, 7) is 7.06. The summed E-state index contributed by atoms with van der Waals surface area (Å²) in [5, 5.41) is 1.12. The number of piperidine rings is 1. The van der Waals surface area contributed by atoms with Gasteiger partial charge < -0.3 is 14.2 Å². The van der Waals surface area contributed by atoms with Crippen molar-refractivity contribution in [2.24, 2.45) is 5.92 Å². The van der Waals surface area contributed by atoms with Crippen LogP contribution >= 0.6 is 0 Å². The maximum absolute atomic E-state index is 5.63. The lowest BCUT2D eigenvalue weighted by molar-refractivity contribution is 0.340. The van der Waals surface area contributed by atoms with E-state index in [1.54, 1.807) is 6.33 Å². The van der Waals surface area contributed by atoms with Crippen molar-refractivity contribution in [2.75, 3.05) is 24.6 Å². The Bertz CT molecular complexity index is 1170. The molecule has 31 heavy (non-hydrogen) atoms. The maximum atomic E-state index is 5.63. The van der Waals surface area contributed by atoms with Crippen molar-refractivity contribution in [3.05, 3.63) is 67.1 Å². The van der Waals surface area contributed by atoms with Crippen LogP contribution in [0.25, 0.3) is 27.8 Å². The molecule has 1 atom stereocenters. The number of nitrogens with zero attached hydrogens (tertiary/aromatic N) is 4. The van der Waals surface area contributed by atoms with Crippen molar-refractivity contribution in [3.63, 3.8) is 0 Å². The molecule has 5 heteroatoms. The van der Waals surface area contributed by atoms with Crippen LogP contribution in [0.1, 0.15) is 26.7 Å². The highest BCUT2D eigenvalue weighted by Crippen LogP contribution is 2.38. The van der Waals surface area contributed by atoms with E-state index in [9.17, 15) is 0 Å². The average Bonchev–Trinajstić information content (AvgIpc) is 3.20. The molecule has 0 unspecified atom stereocenters. The summed E-state index contributed by atoms with van der Waals surface area (Å²) in [5.41, 5.74) is 4.34. The molecule has 1 fully saturated rings. The highest BCUT2D eigenvalue weighted by Gasteiger charge is 2.24. The van der Waals surface area contributed by atoms with Crippen molar-refractivity contribution in [1.82, 2.24) is 14.5 Å². The van der Waals surface area contributed by atoms with Gasteiger partial charge in [-0.2, -0.15) is 0 Å². The molecule has 0 bridgehead atoms. The van der Waals surface area contributed by atoms with Gasteiger partial charge in [0.1, 0.15) is 17.9 Å². The summed E-state index contributed by atoms with van der Waals surface area (Å²) in [6, 6.07) is 18.7. The fourth-order valence-electron chi connectivity index (χ4n) is 4.57. The van der Waals surface area contributed by atoms with E-state index in [1.807, 2.05) is 19.1 Å². The molecule has 1 saturated heterocycles. The third-order valence-electron chi connectivity index (χ3n) is 6.03. The SMILES string of the molecule is CCOc1ccc(-n2cc(-c3ccccc3)c3c(N4CCC[C@H](C)C4)ncnc32)cc1. The van der Waals surface area contributed by atoms with Crippen LogP contribution < -0.4 is 9.64 Å². The Hall–Kier alpha value is -3.34. The molecule has 3 heterocycles. The van der Waals surface area contributed by atoms with Crippen LogP contribution in [0, 0.1) is 5.92 Å². The quantitative estimate of drug-likeness (QED) is 0.420. The number of hydrogen-bond donors (Lipinski definition) is 0. The number of fused-ring (bicyclic) bond motifs is 1. The molecule has 0 aliphatic carbocycles. The summed E-state index contributed by atoms with van der Waals surface area (Å²) in [6.07, 6.45) is 6.38. The zero-order chi connectivity index (χ0) is 21.2. The minimum Gasteiger partial charge on any atom is -0.494 e. The van der Waals surface area contributed by atoms with E-state index in [2.05, 4.69) is 65.1 Å². The first kappa shape index (κ1) is 19.6. The predicted molar refractivity (Wildman–Crippen MR) is 126 cm³/mol. The van der Waals surface area contributed by atoms with Gasteiger partial charge in [-0.1, -0.05) is 37.3 Å². The fourth-order valence-corrected chi connectivity index (χ4v) is 4.57. The highest BCUT2D eigenvalue weighted by atomic mass is 16.5. The molecule has 1 aliphatic heterocycles. The Morgan fingerprint density at radius 2 is 1.84 bits per heavy atom. The van der Waals surface area contributed by atoms with Gasteiger partial charge in [0.15, 0.2) is 5.65 Å². The van der Waals surface area contributed by atoms with Crippen molar-refractivity contribution in [2.45, 2.75) is 26.7 Å². The highest BCUT2D eigenvalue weighted by molar-refractivity contribution is 6.02.